The van der Waals surface area contributed by atoms with Crippen LogP contribution in [-0.2, 0) is 12.7 Å². The fourth-order valence-corrected chi connectivity index (χ4v) is 2.81. The molecule has 7 nitrogen and oxygen atoms in total. The monoisotopic (exact) mass is 451 g/mol. The van der Waals surface area contributed by atoms with E-state index in [9.17, 15) is 22.8 Å². The van der Waals surface area contributed by atoms with Gasteiger partial charge in [-0.25, -0.2) is 4.98 Å². The molecule has 0 spiro atoms. The molecular weight excluding hydrogens is 435 g/mol. The summed E-state index contributed by atoms with van der Waals surface area (Å²) in [5.41, 5.74) is -0.0406. The van der Waals surface area contributed by atoms with Crippen molar-refractivity contribution in [3.8, 4) is 5.82 Å². The predicted octanol–water partition coefficient (Wildman–Crippen LogP) is 3.61. The number of alkyl halides is 3. The van der Waals surface area contributed by atoms with Gasteiger partial charge in [-0.1, -0.05) is 23.7 Å². The number of amides is 1. The molecule has 0 radical (unpaired) electrons. The Morgan fingerprint density at radius 2 is 1.81 bits per heavy atom. The van der Waals surface area contributed by atoms with Gasteiger partial charge in [0.2, 0.25) is 0 Å². The summed E-state index contributed by atoms with van der Waals surface area (Å²) in [6.07, 6.45) is -2.63. The average Bonchev–Trinajstić information content (AvgIpc) is 2.74. The van der Waals surface area contributed by atoms with Crippen molar-refractivity contribution in [1.82, 2.24) is 19.7 Å². The number of nitrogens with zero attached hydrogens (tertiary/aromatic N) is 4. The molecule has 0 fully saturated rings. The molecule has 0 bridgehead atoms. The lowest BCUT2D eigenvalue weighted by atomic mass is 10.1. The van der Waals surface area contributed by atoms with Gasteiger partial charge in [0, 0.05) is 32.4 Å². The average molecular weight is 452 g/mol. The Balaban J connectivity index is 1.75. The molecule has 0 atom stereocenters. The van der Waals surface area contributed by atoms with Crippen molar-refractivity contribution in [2.24, 2.45) is 0 Å². The first-order chi connectivity index (χ1) is 14.6. The number of rotatable bonds is 5. The zero-order valence-electron chi connectivity index (χ0n) is 16.4. The lowest BCUT2D eigenvalue weighted by molar-refractivity contribution is -0.137. The summed E-state index contributed by atoms with van der Waals surface area (Å²) < 4.78 is 38.8. The first-order valence-electron chi connectivity index (χ1n) is 8.94. The Kier molecular flexibility index (Phi) is 6.30. The number of benzene rings is 1. The Bertz CT molecular complexity index is 1140. The zero-order chi connectivity index (χ0) is 22.8. The van der Waals surface area contributed by atoms with E-state index in [-0.39, 0.29) is 22.4 Å². The molecule has 3 aromatic rings. The molecule has 0 saturated carbocycles. The van der Waals surface area contributed by atoms with Crippen LogP contribution in [0.25, 0.3) is 5.82 Å². The first kappa shape index (κ1) is 22.3. The second-order valence-electron chi connectivity index (χ2n) is 6.74. The molecule has 2 heterocycles. The third-order valence-corrected chi connectivity index (χ3v) is 4.67. The minimum Gasteiger partial charge on any atom is -0.378 e. The van der Waals surface area contributed by atoms with Crippen LogP contribution in [-0.4, -0.2) is 39.7 Å². The SMILES string of the molecule is CN(C)C(=O)c1ccc(CNc2cnn(-c3ccc(C(F)(F)F)cn3)c(=O)c2Cl)cc1. The number of nitrogens with one attached hydrogen (secondary N) is 1. The van der Waals surface area contributed by atoms with Crippen LogP contribution in [0.5, 0.6) is 0 Å². The van der Waals surface area contributed by atoms with Crippen molar-refractivity contribution >= 4 is 23.2 Å². The Morgan fingerprint density at radius 3 is 2.35 bits per heavy atom. The number of carbonyl (C=O) groups excluding carboxylic acids is 1. The van der Waals surface area contributed by atoms with Gasteiger partial charge in [0.05, 0.1) is 17.4 Å². The van der Waals surface area contributed by atoms with Gasteiger partial charge in [-0.05, 0) is 29.8 Å². The fraction of sp³-hybridized carbons (Fsp3) is 0.200. The van der Waals surface area contributed by atoms with Crippen molar-refractivity contribution in [3.05, 3.63) is 80.9 Å². The lowest BCUT2D eigenvalue weighted by Crippen LogP contribution is -2.23. The van der Waals surface area contributed by atoms with Crippen LogP contribution in [0.3, 0.4) is 0 Å². The van der Waals surface area contributed by atoms with Gasteiger partial charge >= 0.3 is 6.18 Å². The van der Waals surface area contributed by atoms with E-state index in [0.717, 1.165) is 22.4 Å². The van der Waals surface area contributed by atoms with Crippen molar-refractivity contribution in [3.63, 3.8) is 0 Å². The smallest absolute Gasteiger partial charge is 0.378 e. The summed E-state index contributed by atoms with van der Waals surface area (Å²) in [5, 5.41) is 6.73. The minimum atomic E-state index is -4.53. The van der Waals surface area contributed by atoms with Crippen LogP contribution in [0.2, 0.25) is 5.02 Å². The van der Waals surface area contributed by atoms with Gasteiger partial charge in [0.25, 0.3) is 11.5 Å². The number of hydrogen-bond acceptors (Lipinski definition) is 5. The number of halogens is 4. The lowest BCUT2D eigenvalue weighted by Gasteiger charge is -2.12. The van der Waals surface area contributed by atoms with Crippen LogP contribution in [0.4, 0.5) is 18.9 Å². The van der Waals surface area contributed by atoms with E-state index >= 15 is 0 Å². The standard InChI is InChI=1S/C20H17ClF3N5O2/c1-28(2)18(30)13-5-3-12(4-6-13)9-25-15-11-27-29(19(31)17(15)21)16-8-7-14(10-26-16)20(22,23)24/h3-8,10-11,25H,9H2,1-2H3. The maximum absolute atomic E-state index is 12.7. The molecular formula is C20H17ClF3N5O2. The number of aromatic nitrogens is 3. The highest BCUT2D eigenvalue weighted by Crippen LogP contribution is 2.28. The third-order valence-electron chi connectivity index (χ3n) is 4.30. The second kappa shape index (κ2) is 8.76. The number of carbonyl (C=O) groups is 1. The zero-order valence-corrected chi connectivity index (χ0v) is 17.2. The normalized spacial score (nSPS) is 11.3. The molecule has 0 saturated heterocycles. The van der Waals surface area contributed by atoms with Crippen molar-refractivity contribution in [2.45, 2.75) is 12.7 Å². The van der Waals surface area contributed by atoms with Gasteiger partial charge in [-0.3, -0.25) is 9.59 Å². The van der Waals surface area contributed by atoms with Gasteiger partial charge < -0.3 is 10.2 Å². The minimum absolute atomic E-state index is 0.0902. The van der Waals surface area contributed by atoms with E-state index in [1.165, 1.54) is 11.1 Å². The highest BCUT2D eigenvalue weighted by Gasteiger charge is 2.30. The van der Waals surface area contributed by atoms with Gasteiger partial charge in [0.15, 0.2) is 5.82 Å². The van der Waals surface area contributed by atoms with Gasteiger partial charge in [-0.2, -0.15) is 23.0 Å². The van der Waals surface area contributed by atoms with E-state index in [2.05, 4.69) is 15.4 Å². The molecule has 31 heavy (non-hydrogen) atoms. The molecule has 1 amide bonds. The van der Waals surface area contributed by atoms with Crippen LogP contribution in [0, 0.1) is 0 Å². The van der Waals surface area contributed by atoms with Crippen molar-refractivity contribution < 1.29 is 18.0 Å². The van der Waals surface area contributed by atoms with Gasteiger partial charge in [0.1, 0.15) is 5.02 Å². The molecule has 0 aliphatic carbocycles. The molecule has 11 heteroatoms. The van der Waals surface area contributed by atoms with Gasteiger partial charge in [-0.15, -0.1) is 0 Å². The predicted molar refractivity (Wildman–Crippen MR) is 109 cm³/mol. The Hall–Kier alpha value is -3.40. The molecule has 1 N–H and O–H groups in total. The maximum Gasteiger partial charge on any atom is 0.417 e. The summed E-state index contributed by atoms with van der Waals surface area (Å²) in [5.74, 6) is -0.208. The molecule has 0 unspecified atom stereocenters. The second-order valence-corrected chi connectivity index (χ2v) is 7.12. The van der Waals surface area contributed by atoms with Crippen LogP contribution >= 0.6 is 11.6 Å². The van der Waals surface area contributed by atoms with Crippen LogP contribution in [0.15, 0.2) is 53.6 Å². The van der Waals surface area contributed by atoms with Crippen LogP contribution < -0.4 is 10.9 Å². The molecule has 162 valence electrons. The number of hydrogen-bond donors (Lipinski definition) is 1. The first-order valence-corrected chi connectivity index (χ1v) is 9.31. The molecule has 2 aromatic heterocycles. The molecule has 3 rings (SSSR count). The summed E-state index contributed by atoms with van der Waals surface area (Å²) in [6, 6.07) is 8.75. The molecule has 0 aliphatic heterocycles. The van der Waals surface area contributed by atoms with E-state index in [1.54, 1.807) is 38.4 Å². The Labute approximate surface area is 180 Å². The summed E-state index contributed by atoms with van der Waals surface area (Å²) >= 11 is 6.13. The molecule has 1 aromatic carbocycles. The summed E-state index contributed by atoms with van der Waals surface area (Å²) in [7, 11) is 3.32. The summed E-state index contributed by atoms with van der Waals surface area (Å²) in [6.45, 7) is 0.305. The van der Waals surface area contributed by atoms with Crippen molar-refractivity contribution in [1.29, 1.82) is 0 Å². The molecule has 0 aliphatic rings. The van der Waals surface area contributed by atoms with Crippen LogP contribution in [0.1, 0.15) is 21.5 Å². The van der Waals surface area contributed by atoms with E-state index in [1.807, 2.05) is 0 Å². The largest absolute Gasteiger partial charge is 0.417 e. The highest BCUT2D eigenvalue weighted by molar-refractivity contribution is 6.32. The maximum atomic E-state index is 12.7. The number of pyridine rings is 1. The quantitative estimate of drug-likeness (QED) is 0.641. The topological polar surface area (TPSA) is 80.1 Å². The number of anilines is 1. The van der Waals surface area contributed by atoms with E-state index in [0.29, 0.717) is 18.3 Å². The van der Waals surface area contributed by atoms with E-state index in [4.69, 9.17) is 11.6 Å². The fourth-order valence-electron chi connectivity index (χ4n) is 2.62. The third kappa shape index (κ3) is 5.02. The highest BCUT2D eigenvalue weighted by atomic mass is 35.5. The van der Waals surface area contributed by atoms with E-state index < -0.39 is 17.3 Å². The Morgan fingerprint density at radius 1 is 1.13 bits per heavy atom. The summed E-state index contributed by atoms with van der Waals surface area (Å²) in [4.78, 5) is 29.5. The van der Waals surface area contributed by atoms with Crippen molar-refractivity contribution in [2.75, 3.05) is 19.4 Å².